The molecule has 2 heterocycles. The number of carbonyl (C=O) groups excluding carboxylic acids is 1. The van der Waals surface area contributed by atoms with Crippen LogP contribution in [-0.4, -0.2) is 58.5 Å². The minimum absolute atomic E-state index is 0.251. The average Bonchev–Trinajstić information content (AvgIpc) is 2.76. The van der Waals surface area contributed by atoms with Crippen molar-refractivity contribution >= 4 is 21.8 Å². The van der Waals surface area contributed by atoms with E-state index >= 15 is 0 Å². The number of amides is 1. The van der Waals surface area contributed by atoms with Gasteiger partial charge in [-0.05, 0) is 42.9 Å². The maximum atomic E-state index is 12.2. The van der Waals surface area contributed by atoms with E-state index in [9.17, 15) is 4.79 Å². The zero-order chi connectivity index (χ0) is 14.7. The molecule has 1 amide bonds. The minimum atomic E-state index is 0.251. The fourth-order valence-corrected chi connectivity index (χ4v) is 2.97. The van der Waals surface area contributed by atoms with Crippen LogP contribution < -0.4 is 0 Å². The molecule has 1 fully saturated rings. The van der Waals surface area contributed by atoms with E-state index in [2.05, 4.69) is 39.9 Å². The Hall–Kier alpha value is -0.880. The normalized spacial score (nSPS) is 16.9. The molecule has 0 atom stereocenters. The molecule has 0 unspecified atom stereocenters. The third kappa shape index (κ3) is 3.61. The number of piperidine rings is 1. The predicted octanol–water partition coefficient (Wildman–Crippen LogP) is 1.67. The maximum Gasteiger partial charge on any atom is 0.223 e. The number of imidazole rings is 1. The number of aryl methyl sites for hydroxylation is 1. The van der Waals surface area contributed by atoms with E-state index in [-0.39, 0.29) is 5.91 Å². The standard InChI is InChI=1S/C14H23BrN4O/c1-17(2)11-6-8-19(9-7-11)14(20)5-4-13-16-10-12(15)18(13)3/h10-11H,4-9H2,1-3H3. The number of hydrogen-bond acceptors (Lipinski definition) is 3. The van der Waals surface area contributed by atoms with E-state index < -0.39 is 0 Å². The van der Waals surface area contributed by atoms with Crippen molar-refractivity contribution < 1.29 is 4.79 Å². The molecule has 0 aliphatic carbocycles. The Labute approximate surface area is 129 Å². The summed E-state index contributed by atoms with van der Waals surface area (Å²) in [5, 5.41) is 0. The molecule has 1 aliphatic heterocycles. The van der Waals surface area contributed by atoms with Gasteiger partial charge in [0.05, 0.1) is 6.20 Å². The van der Waals surface area contributed by atoms with Gasteiger partial charge in [-0.3, -0.25) is 4.79 Å². The molecule has 0 N–H and O–H groups in total. The highest BCUT2D eigenvalue weighted by atomic mass is 79.9. The number of likely N-dealkylation sites (tertiary alicyclic amines) is 1. The molecule has 0 aromatic carbocycles. The van der Waals surface area contributed by atoms with Crippen LogP contribution >= 0.6 is 15.9 Å². The Balaban J connectivity index is 1.80. The number of nitrogens with zero attached hydrogens (tertiary/aromatic N) is 4. The van der Waals surface area contributed by atoms with E-state index in [0.29, 0.717) is 18.9 Å². The molecule has 1 saturated heterocycles. The SMILES string of the molecule is CN(C)C1CCN(C(=O)CCc2ncc(Br)n2C)CC1. The Morgan fingerprint density at radius 1 is 1.45 bits per heavy atom. The Bertz CT molecular complexity index is 464. The van der Waals surface area contributed by atoms with E-state index in [1.165, 1.54) is 0 Å². The fraction of sp³-hybridized carbons (Fsp3) is 0.714. The molecule has 112 valence electrons. The first-order valence-electron chi connectivity index (χ1n) is 7.09. The van der Waals surface area contributed by atoms with Crippen molar-refractivity contribution in [2.75, 3.05) is 27.2 Å². The summed E-state index contributed by atoms with van der Waals surface area (Å²) in [6, 6.07) is 0.615. The molecule has 0 radical (unpaired) electrons. The predicted molar refractivity (Wildman–Crippen MR) is 82.5 cm³/mol. The van der Waals surface area contributed by atoms with Crippen molar-refractivity contribution in [3.05, 3.63) is 16.6 Å². The van der Waals surface area contributed by atoms with Crippen molar-refractivity contribution in [2.24, 2.45) is 7.05 Å². The number of hydrogen-bond donors (Lipinski definition) is 0. The second kappa shape index (κ2) is 6.72. The summed E-state index contributed by atoms with van der Waals surface area (Å²) >= 11 is 3.42. The van der Waals surface area contributed by atoms with Crippen LogP contribution in [0.1, 0.15) is 25.1 Å². The van der Waals surface area contributed by atoms with Crippen LogP contribution in [0.2, 0.25) is 0 Å². The summed E-state index contributed by atoms with van der Waals surface area (Å²) in [6.07, 6.45) is 5.18. The lowest BCUT2D eigenvalue weighted by Crippen LogP contribution is -2.44. The Morgan fingerprint density at radius 2 is 2.10 bits per heavy atom. The van der Waals surface area contributed by atoms with Crippen molar-refractivity contribution in [2.45, 2.75) is 31.7 Å². The topological polar surface area (TPSA) is 41.4 Å². The zero-order valence-electron chi connectivity index (χ0n) is 12.5. The lowest BCUT2D eigenvalue weighted by atomic mass is 10.0. The number of aromatic nitrogens is 2. The fourth-order valence-electron chi connectivity index (χ4n) is 2.67. The van der Waals surface area contributed by atoms with Gasteiger partial charge in [0.15, 0.2) is 0 Å². The van der Waals surface area contributed by atoms with Gasteiger partial charge >= 0.3 is 0 Å². The molecule has 20 heavy (non-hydrogen) atoms. The Morgan fingerprint density at radius 3 is 2.60 bits per heavy atom. The second-order valence-electron chi connectivity index (χ2n) is 5.63. The van der Waals surface area contributed by atoms with Gasteiger partial charge in [-0.2, -0.15) is 0 Å². The van der Waals surface area contributed by atoms with Gasteiger partial charge in [-0.1, -0.05) is 0 Å². The molecule has 0 saturated carbocycles. The van der Waals surface area contributed by atoms with Gasteiger partial charge in [0.2, 0.25) is 5.91 Å². The van der Waals surface area contributed by atoms with E-state index in [4.69, 9.17) is 0 Å². The quantitative estimate of drug-likeness (QED) is 0.835. The largest absolute Gasteiger partial charge is 0.343 e. The van der Waals surface area contributed by atoms with E-state index in [1.807, 2.05) is 16.5 Å². The number of halogens is 1. The minimum Gasteiger partial charge on any atom is -0.343 e. The lowest BCUT2D eigenvalue weighted by Gasteiger charge is -2.35. The second-order valence-corrected chi connectivity index (χ2v) is 6.44. The van der Waals surface area contributed by atoms with Gasteiger partial charge in [-0.15, -0.1) is 0 Å². The van der Waals surface area contributed by atoms with Gasteiger partial charge in [0.25, 0.3) is 0 Å². The third-order valence-electron chi connectivity index (χ3n) is 4.14. The monoisotopic (exact) mass is 342 g/mol. The van der Waals surface area contributed by atoms with Gasteiger partial charge in [-0.25, -0.2) is 4.98 Å². The molecule has 0 spiro atoms. The molecule has 1 aromatic heterocycles. The summed E-state index contributed by atoms with van der Waals surface area (Å²) in [6.45, 7) is 1.76. The van der Waals surface area contributed by atoms with Gasteiger partial charge < -0.3 is 14.4 Å². The van der Waals surface area contributed by atoms with Crippen LogP contribution in [0.15, 0.2) is 10.8 Å². The smallest absolute Gasteiger partial charge is 0.223 e. The Kier molecular flexibility index (Phi) is 5.21. The molecule has 6 heteroatoms. The van der Waals surface area contributed by atoms with Crippen LogP contribution in [0.5, 0.6) is 0 Å². The average molecular weight is 343 g/mol. The first-order valence-corrected chi connectivity index (χ1v) is 7.88. The van der Waals surface area contributed by atoms with Crippen LogP contribution in [0.3, 0.4) is 0 Å². The molecule has 5 nitrogen and oxygen atoms in total. The van der Waals surface area contributed by atoms with Crippen molar-refractivity contribution in [3.8, 4) is 0 Å². The lowest BCUT2D eigenvalue weighted by molar-refractivity contribution is -0.132. The summed E-state index contributed by atoms with van der Waals surface area (Å²) < 4.78 is 2.93. The van der Waals surface area contributed by atoms with Crippen LogP contribution in [-0.2, 0) is 18.3 Å². The van der Waals surface area contributed by atoms with E-state index in [0.717, 1.165) is 36.4 Å². The highest BCUT2D eigenvalue weighted by Crippen LogP contribution is 2.16. The first kappa shape index (κ1) is 15.5. The molecule has 0 bridgehead atoms. The van der Waals surface area contributed by atoms with Crippen LogP contribution in [0.4, 0.5) is 0 Å². The van der Waals surface area contributed by atoms with Gasteiger partial charge in [0, 0.05) is 39.0 Å². The highest BCUT2D eigenvalue weighted by molar-refractivity contribution is 9.10. The molecule has 2 rings (SSSR count). The van der Waals surface area contributed by atoms with Crippen molar-refractivity contribution in [1.29, 1.82) is 0 Å². The summed E-state index contributed by atoms with van der Waals surface area (Å²) in [7, 11) is 6.18. The highest BCUT2D eigenvalue weighted by Gasteiger charge is 2.23. The number of carbonyl (C=O) groups is 1. The zero-order valence-corrected chi connectivity index (χ0v) is 14.1. The van der Waals surface area contributed by atoms with E-state index in [1.54, 1.807) is 6.20 Å². The molecule has 1 aromatic rings. The molecular weight excluding hydrogens is 320 g/mol. The molecule has 1 aliphatic rings. The van der Waals surface area contributed by atoms with Crippen LogP contribution in [0, 0.1) is 0 Å². The van der Waals surface area contributed by atoms with Crippen molar-refractivity contribution in [1.82, 2.24) is 19.4 Å². The summed E-state index contributed by atoms with van der Waals surface area (Å²) in [4.78, 5) is 20.8. The molecular formula is C14H23BrN4O. The third-order valence-corrected chi connectivity index (χ3v) is 4.87. The summed E-state index contributed by atoms with van der Waals surface area (Å²) in [5.74, 6) is 1.20. The number of rotatable bonds is 4. The van der Waals surface area contributed by atoms with Crippen LogP contribution in [0.25, 0.3) is 0 Å². The van der Waals surface area contributed by atoms with Crippen molar-refractivity contribution in [3.63, 3.8) is 0 Å². The summed E-state index contributed by atoms with van der Waals surface area (Å²) in [5.41, 5.74) is 0. The van der Waals surface area contributed by atoms with Gasteiger partial charge in [0.1, 0.15) is 10.4 Å². The maximum absolute atomic E-state index is 12.2. The first-order chi connectivity index (χ1) is 9.49.